The van der Waals surface area contributed by atoms with Gasteiger partial charge in [-0.25, -0.2) is 8.42 Å². The molecule has 1 rings (SSSR count). The van der Waals surface area contributed by atoms with Gasteiger partial charge in [0.1, 0.15) is 10.1 Å². The van der Waals surface area contributed by atoms with Crippen LogP contribution in [0.15, 0.2) is 29.2 Å². The second-order valence-corrected chi connectivity index (χ2v) is 6.09. The Morgan fingerprint density at radius 1 is 1.14 bits per heavy atom. The van der Waals surface area contributed by atoms with Crippen LogP contribution in [0.1, 0.15) is 38.2 Å². The Balaban J connectivity index is 0.000000384. The lowest BCUT2D eigenvalue weighted by atomic mass is 10.2. The maximum atomic E-state index is 10.4. The standard InChI is InChI=1S/C7H17N3.C7H8O3S/c1-2-3-4-5-6-10-7(8)9;1-6-2-4-7(5-3-6)11(8,9)10/h2-6H2,1H3,(H4,8,9,10);2-5H,1H3,(H,8,9,10). The molecule has 0 aromatic heterocycles. The molecule has 0 atom stereocenters. The van der Waals surface area contributed by atoms with Crippen LogP contribution in [0.2, 0.25) is 0 Å². The van der Waals surface area contributed by atoms with Gasteiger partial charge < -0.3 is 4.55 Å². The fourth-order valence-corrected chi connectivity index (χ4v) is 1.96. The van der Waals surface area contributed by atoms with E-state index in [0.717, 1.165) is 18.5 Å². The monoisotopic (exact) mass is 315 g/mol. The molecule has 6 nitrogen and oxygen atoms in total. The Hall–Kier alpha value is -1.60. The van der Waals surface area contributed by atoms with Crippen LogP contribution in [0.5, 0.6) is 0 Å². The molecule has 5 N–H and O–H groups in total. The number of benzene rings is 1. The first-order valence-corrected chi connectivity index (χ1v) is 8.32. The topological polar surface area (TPSA) is 123 Å². The fraction of sp³-hybridized carbons (Fsp3) is 0.500. The highest BCUT2D eigenvalue weighted by Crippen LogP contribution is 2.08. The van der Waals surface area contributed by atoms with Gasteiger partial charge in [0.25, 0.3) is 0 Å². The molecular formula is C14H25N3O3S. The zero-order valence-corrected chi connectivity index (χ0v) is 13.4. The lowest BCUT2D eigenvalue weighted by Gasteiger charge is -2.05. The molecule has 0 aliphatic rings. The highest BCUT2D eigenvalue weighted by atomic mass is 32.2. The van der Waals surface area contributed by atoms with Crippen molar-refractivity contribution in [2.45, 2.75) is 44.4 Å². The van der Waals surface area contributed by atoms with Gasteiger partial charge in [-0.2, -0.15) is 0 Å². The van der Waals surface area contributed by atoms with E-state index in [9.17, 15) is 13.0 Å². The number of guanidine groups is 1. The van der Waals surface area contributed by atoms with Crippen molar-refractivity contribution in [3.05, 3.63) is 29.8 Å². The van der Waals surface area contributed by atoms with E-state index >= 15 is 0 Å². The van der Waals surface area contributed by atoms with Crippen LogP contribution < -0.4 is 16.5 Å². The molecule has 1 aromatic rings. The number of nitrogens with one attached hydrogen (secondary N) is 1. The summed E-state index contributed by atoms with van der Waals surface area (Å²) in [7, 11) is -4.27. The Morgan fingerprint density at radius 3 is 2.14 bits per heavy atom. The Kier molecular flexibility index (Phi) is 9.40. The fourth-order valence-electron chi connectivity index (χ4n) is 1.49. The van der Waals surface area contributed by atoms with Crippen LogP contribution in [0, 0.1) is 6.92 Å². The van der Waals surface area contributed by atoms with Crippen molar-refractivity contribution in [1.82, 2.24) is 0 Å². The van der Waals surface area contributed by atoms with Gasteiger partial charge in [-0.1, -0.05) is 43.9 Å². The zero-order chi connectivity index (χ0) is 16.3. The molecule has 0 fully saturated rings. The number of unbranched alkanes of at least 4 members (excludes halogenated alkanes) is 3. The first kappa shape index (κ1) is 19.4. The summed E-state index contributed by atoms with van der Waals surface area (Å²) in [4.78, 5) is 2.70. The van der Waals surface area contributed by atoms with Crippen molar-refractivity contribution in [2.75, 3.05) is 6.54 Å². The van der Waals surface area contributed by atoms with Crippen LogP contribution >= 0.6 is 0 Å². The Labute approximate surface area is 127 Å². The summed E-state index contributed by atoms with van der Waals surface area (Å²) in [6, 6.07) is 5.78. The minimum Gasteiger partial charge on any atom is -0.744 e. The van der Waals surface area contributed by atoms with E-state index in [2.05, 4.69) is 11.9 Å². The van der Waals surface area contributed by atoms with E-state index in [1.165, 1.54) is 31.4 Å². The SMILES string of the molecule is CCCCCC[NH+]=C(N)N.Cc1ccc(S(=O)(=O)[O-])cc1. The molecule has 0 amide bonds. The van der Waals surface area contributed by atoms with E-state index in [0.29, 0.717) is 5.96 Å². The van der Waals surface area contributed by atoms with Crippen molar-refractivity contribution in [2.24, 2.45) is 11.5 Å². The number of aryl methyl sites for hydroxylation is 1. The predicted octanol–water partition coefficient (Wildman–Crippen LogP) is -0.180. The van der Waals surface area contributed by atoms with E-state index in [1.807, 2.05) is 6.92 Å². The molecule has 0 saturated heterocycles. The second-order valence-electron chi connectivity index (χ2n) is 4.71. The van der Waals surface area contributed by atoms with E-state index < -0.39 is 10.1 Å². The van der Waals surface area contributed by atoms with Gasteiger partial charge in [-0.3, -0.25) is 16.5 Å². The highest BCUT2D eigenvalue weighted by Gasteiger charge is 1.97. The van der Waals surface area contributed by atoms with Gasteiger partial charge in [0.05, 0.1) is 11.4 Å². The molecule has 0 saturated carbocycles. The van der Waals surface area contributed by atoms with E-state index in [-0.39, 0.29) is 4.90 Å². The molecule has 0 heterocycles. The highest BCUT2D eigenvalue weighted by molar-refractivity contribution is 7.85. The van der Waals surface area contributed by atoms with Gasteiger partial charge in [0.2, 0.25) is 0 Å². The molecule has 0 bridgehead atoms. The third kappa shape index (κ3) is 10.8. The quantitative estimate of drug-likeness (QED) is 0.291. The number of rotatable bonds is 6. The lowest BCUT2D eigenvalue weighted by molar-refractivity contribution is -0.459. The number of nitrogens with two attached hydrogens (primary N) is 2. The van der Waals surface area contributed by atoms with E-state index in [1.54, 1.807) is 12.1 Å². The first-order valence-electron chi connectivity index (χ1n) is 6.91. The minimum absolute atomic E-state index is 0.178. The maximum absolute atomic E-state index is 10.4. The van der Waals surface area contributed by atoms with Crippen molar-refractivity contribution in [3.63, 3.8) is 0 Å². The summed E-state index contributed by atoms with van der Waals surface area (Å²) >= 11 is 0. The van der Waals surface area contributed by atoms with Gasteiger partial charge >= 0.3 is 5.96 Å². The third-order valence-electron chi connectivity index (χ3n) is 2.67. The summed E-state index contributed by atoms with van der Waals surface area (Å²) < 4.78 is 31.2. The molecule has 7 heteroatoms. The summed E-state index contributed by atoms with van der Waals surface area (Å²) in [6.07, 6.45) is 4.98. The molecular weight excluding hydrogens is 290 g/mol. The summed E-state index contributed by atoms with van der Waals surface area (Å²) in [5.41, 5.74) is 11.3. The largest absolute Gasteiger partial charge is 0.744 e. The average Bonchev–Trinajstić information content (AvgIpc) is 2.38. The van der Waals surface area contributed by atoms with E-state index in [4.69, 9.17) is 11.5 Å². The lowest BCUT2D eigenvalue weighted by Crippen LogP contribution is -2.78. The smallest absolute Gasteiger partial charge is 0.338 e. The molecule has 0 aliphatic carbocycles. The minimum atomic E-state index is -4.27. The summed E-state index contributed by atoms with van der Waals surface area (Å²) in [5, 5.41) is 0. The van der Waals surface area contributed by atoms with Gasteiger partial charge in [-0.05, 0) is 25.5 Å². The zero-order valence-electron chi connectivity index (χ0n) is 12.6. The molecule has 0 aliphatic heterocycles. The number of hydrogen-bond acceptors (Lipinski definition) is 3. The van der Waals surface area contributed by atoms with Crippen LogP contribution in [-0.4, -0.2) is 25.5 Å². The maximum Gasteiger partial charge on any atom is 0.338 e. The average molecular weight is 315 g/mol. The van der Waals surface area contributed by atoms with Crippen LogP contribution in [-0.2, 0) is 10.1 Å². The normalized spacial score (nSPS) is 10.4. The van der Waals surface area contributed by atoms with Gasteiger partial charge in [0.15, 0.2) is 0 Å². The molecule has 21 heavy (non-hydrogen) atoms. The van der Waals surface area contributed by atoms with Crippen molar-refractivity contribution < 1.29 is 18.0 Å². The van der Waals surface area contributed by atoms with Gasteiger partial charge in [0, 0.05) is 0 Å². The van der Waals surface area contributed by atoms with Gasteiger partial charge in [-0.15, -0.1) is 0 Å². The molecule has 0 spiro atoms. The molecule has 1 aromatic carbocycles. The van der Waals surface area contributed by atoms with Crippen molar-refractivity contribution >= 4 is 16.1 Å². The third-order valence-corrected chi connectivity index (χ3v) is 3.52. The summed E-state index contributed by atoms with van der Waals surface area (Å²) in [5.74, 6) is 0.330. The predicted molar refractivity (Wildman–Crippen MR) is 82.5 cm³/mol. The summed E-state index contributed by atoms with van der Waals surface area (Å²) in [6.45, 7) is 4.92. The number of hydrogen-bond donors (Lipinski definition) is 3. The van der Waals surface area contributed by atoms with Crippen molar-refractivity contribution in [3.8, 4) is 0 Å². The van der Waals surface area contributed by atoms with Crippen LogP contribution in [0.3, 0.4) is 0 Å². The van der Waals surface area contributed by atoms with Crippen LogP contribution in [0.25, 0.3) is 0 Å². The molecule has 120 valence electrons. The Morgan fingerprint density at radius 2 is 1.71 bits per heavy atom. The first-order chi connectivity index (χ1) is 9.77. The molecule has 0 radical (unpaired) electrons. The Bertz CT molecular complexity index is 521. The second kappa shape index (κ2) is 10.2. The van der Waals surface area contributed by atoms with Crippen molar-refractivity contribution in [1.29, 1.82) is 0 Å². The molecule has 0 unspecified atom stereocenters. The van der Waals surface area contributed by atoms with Crippen LogP contribution in [0.4, 0.5) is 0 Å².